The number of aromatic nitrogens is 4. The van der Waals surface area contributed by atoms with Crippen LogP contribution in [0.2, 0.25) is 0 Å². The number of nitriles is 2. The van der Waals surface area contributed by atoms with Crippen LogP contribution >= 0.6 is 0 Å². The number of rotatable bonds is 4. The summed E-state index contributed by atoms with van der Waals surface area (Å²) >= 11 is 0. The van der Waals surface area contributed by atoms with Crippen LogP contribution in [-0.4, -0.2) is 18.3 Å². The molecular weight excluding hydrogens is 1080 g/mol. The van der Waals surface area contributed by atoms with Gasteiger partial charge >= 0.3 is 24.7 Å². The van der Waals surface area contributed by atoms with Crippen molar-refractivity contribution in [3.63, 3.8) is 0 Å². The van der Waals surface area contributed by atoms with Gasteiger partial charge in [-0.3, -0.25) is 0 Å². The smallest absolute Gasteiger partial charge is 0.306 e. The van der Waals surface area contributed by atoms with E-state index in [0.717, 1.165) is 67.8 Å². The van der Waals surface area contributed by atoms with Crippen molar-refractivity contribution in [1.29, 1.82) is 10.5 Å². The number of alkyl halides is 12. The maximum absolute atomic E-state index is 15.4. The maximum atomic E-state index is 15.4. The van der Waals surface area contributed by atoms with Crippen molar-refractivity contribution in [2.45, 2.75) is 52.4 Å². The molecule has 0 N–H and O–H groups in total. The van der Waals surface area contributed by atoms with Crippen LogP contribution in [-0.2, 0) is 24.7 Å². The third kappa shape index (κ3) is 7.64. The molecule has 18 heteroatoms. The molecule has 0 saturated carbocycles. The molecule has 406 valence electrons. The molecule has 0 atom stereocenters. The second-order valence-electron chi connectivity index (χ2n) is 20.7. The zero-order valence-corrected chi connectivity index (χ0v) is 43.1. The van der Waals surface area contributed by atoms with Gasteiger partial charge in [0.15, 0.2) is 0 Å². The summed E-state index contributed by atoms with van der Waals surface area (Å²) in [5.74, 6) is 0. The molecule has 82 heavy (non-hydrogen) atoms. The minimum Gasteiger partial charge on any atom is -0.306 e. The molecule has 0 spiro atoms. The van der Waals surface area contributed by atoms with E-state index in [1.807, 2.05) is 52.0 Å². The summed E-state index contributed by atoms with van der Waals surface area (Å²) < 4.78 is 189. The van der Waals surface area contributed by atoms with Gasteiger partial charge in [-0.25, -0.2) is 0 Å². The van der Waals surface area contributed by atoms with Crippen molar-refractivity contribution in [3.8, 4) is 34.9 Å². The Hall–Kier alpha value is -9.68. The SMILES string of the molecule is Cc1ccc2c(c1)c1cc(C)ccc1n2-c1c(C#N)c(C#N)c(-n2c3cc(C(F)(F)F)ccc3c3ccc(C(F)(F)F)cc32)c(-n2c3cc(C(F)(F)F)ccc3c3ccc(C(F)(F)F)cc32)c1-n1c2ccc(C)cc2c2cc(C)ccc21. The molecule has 9 aromatic carbocycles. The summed E-state index contributed by atoms with van der Waals surface area (Å²) in [6, 6.07) is 35.5. The molecule has 0 bridgehead atoms. The zero-order valence-electron chi connectivity index (χ0n) is 43.1. The first kappa shape index (κ1) is 51.7. The Bertz CT molecular complexity index is 4800. The van der Waals surface area contributed by atoms with Gasteiger partial charge in [0.1, 0.15) is 12.1 Å². The van der Waals surface area contributed by atoms with Gasteiger partial charge in [0.05, 0.1) is 100 Å². The second kappa shape index (κ2) is 17.4. The van der Waals surface area contributed by atoms with E-state index >= 15 is 52.7 Å². The van der Waals surface area contributed by atoms with Gasteiger partial charge in [-0.15, -0.1) is 0 Å². The fraction of sp³-hybridized carbons (Fsp3) is 0.125. The van der Waals surface area contributed by atoms with Crippen LogP contribution in [0.3, 0.4) is 0 Å². The van der Waals surface area contributed by atoms with E-state index in [1.54, 1.807) is 57.7 Å². The lowest BCUT2D eigenvalue weighted by Crippen LogP contribution is -2.17. The fourth-order valence-electron chi connectivity index (χ4n) is 12.0. The molecule has 0 aliphatic heterocycles. The average molecular weight is 1120 g/mol. The molecule has 0 radical (unpaired) electrons. The summed E-state index contributed by atoms with van der Waals surface area (Å²) in [5.41, 5.74) is -5.11. The summed E-state index contributed by atoms with van der Waals surface area (Å²) in [6.45, 7) is 7.35. The molecule has 0 aliphatic carbocycles. The largest absolute Gasteiger partial charge is 0.416 e. The van der Waals surface area contributed by atoms with Crippen LogP contribution in [0, 0.1) is 50.4 Å². The Morgan fingerprint density at radius 3 is 0.720 bits per heavy atom. The van der Waals surface area contributed by atoms with Crippen LogP contribution in [0.4, 0.5) is 52.7 Å². The lowest BCUT2D eigenvalue weighted by molar-refractivity contribution is -0.138. The highest BCUT2D eigenvalue weighted by atomic mass is 19.4. The standard InChI is InChI=1S/C64H36F12N6/c1-31-5-17-49-43(21-31)44-22-32(2)6-18-50(44)79(49)57-47(29-77)48(30-78)58(81-53-25-35(61(65,66)67)9-13-39(53)40-14-10-36(26-54(40)81)62(68,69)70)60(59(57)80-51-19-7-33(3)23-45(51)46-24-34(4)8-20-52(46)80)82-55-27-37(63(71,72)73)11-15-41(55)42-16-12-38(28-56(42)82)64(74,75)76/h5-28H,1-4H3. The lowest BCUT2D eigenvalue weighted by atomic mass is 9.98. The van der Waals surface area contributed by atoms with Crippen molar-refractivity contribution in [1.82, 2.24) is 18.3 Å². The van der Waals surface area contributed by atoms with Gasteiger partial charge in [0.25, 0.3) is 0 Å². The first-order chi connectivity index (χ1) is 38.8. The monoisotopic (exact) mass is 1120 g/mol. The van der Waals surface area contributed by atoms with Crippen LogP contribution in [0.25, 0.3) is 110 Å². The molecular formula is C64H36F12N6. The number of benzene rings is 9. The number of halogens is 12. The van der Waals surface area contributed by atoms with Crippen LogP contribution in [0.15, 0.2) is 146 Å². The molecule has 6 nitrogen and oxygen atoms in total. The highest BCUT2D eigenvalue weighted by Crippen LogP contribution is 2.51. The van der Waals surface area contributed by atoms with Crippen LogP contribution in [0.5, 0.6) is 0 Å². The summed E-state index contributed by atoms with van der Waals surface area (Å²) in [5, 5.41) is 26.2. The number of fused-ring (bicyclic) bond motifs is 12. The maximum Gasteiger partial charge on any atom is 0.416 e. The third-order valence-corrected chi connectivity index (χ3v) is 15.5. The number of hydrogen-bond donors (Lipinski definition) is 0. The van der Waals surface area contributed by atoms with E-state index in [0.29, 0.717) is 80.0 Å². The second-order valence-corrected chi connectivity index (χ2v) is 20.7. The number of hydrogen-bond acceptors (Lipinski definition) is 2. The number of nitrogens with zero attached hydrogens (tertiary/aromatic N) is 6. The topological polar surface area (TPSA) is 67.3 Å². The Labute approximate surface area is 455 Å². The van der Waals surface area contributed by atoms with Gasteiger partial charge in [0.2, 0.25) is 0 Å². The van der Waals surface area contributed by atoms with Crippen molar-refractivity contribution < 1.29 is 52.7 Å². The Morgan fingerprint density at radius 2 is 0.488 bits per heavy atom. The molecule has 4 aromatic heterocycles. The molecule has 13 rings (SSSR count). The fourth-order valence-corrected chi connectivity index (χ4v) is 12.0. The van der Waals surface area contributed by atoms with Gasteiger partial charge in [-0.1, -0.05) is 70.8 Å². The quantitative estimate of drug-likeness (QED) is 0.165. The van der Waals surface area contributed by atoms with E-state index in [4.69, 9.17) is 0 Å². The molecule has 13 aromatic rings. The van der Waals surface area contributed by atoms with E-state index < -0.39 is 91.5 Å². The summed E-state index contributed by atoms with van der Waals surface area (Å²) in [6.07, 6.45) is -20.4. The molecule has 0 unspecified atom stereocenters. The van der Waals surface area contributed by atoms with E-state index in [9.17, 15) is 10.5 Å². The van der Waals surface area contributed by atoms with Gasteiger partial charge in [0, 0.05) is 43.1 Å². The lowest BCUT2D eigenvalue weighted by Gasteiger charge is -2.28. The predicted molar refractivity (Wildman–Crippen MR) is 292 cm³/mol. The van der Waals surface area contributed by atoms with Crippen molar-refractivity contribution >= 4 is 87.2 Å². The normalized spacial score (nSPS) is 12.9. The Balaban J connectivity index is 1.44. The summed E-state index contributed by atoms with van der Waals surface area (Å²) in [4.78, 5) is 0. The molecule has 0 saturated heterocycles. The average Bonchev–Trinajstić information content (AvgIpc) is 1.53. The minimum atomic E-state index is -5.11. The molecule has 4 heterocycles. The highest BCUT2D eigenvalue weighted by Gasteiger charge is 2.40. The molecule has 0 fully saturated rings. The van der Waals surface area contributed by atoms with Gasteiger partial charge in [-0.2, -0.15) is 63.2 Å². The van der Waals surface area contributed by atoms with Gasteiger partial charge < -0.3 is 18.3 Å². The van der Waals surface area contributed by atoms with Gasteiger partial charge in [-0.05, 0) is 125 Å². The van der Waals surface area contributed by atoms with Crippen molar-refractivity contribution in [3.05, 3.63) is 201 Å². The predicted octanol–water partition coefficient (Wildman–Crippen LogP) is 19.1. The van der Waals surface area contributed by atoms with Crippen molar-refractivity contribution in [2.24, 2.45) is 0 Å². The Kier molecular flexibility index (Phi) is 11.0. The number of aryl methyl sites for hydroxylation is 4. The summed E-state index contributed by atoms with van der Waals surface area (Å²) in [7, 11) is 0. The molecule has 0 amide bonds. The van der Waals surface area contributed by atoms with E-state index in [-0.39, 0.29) is 32.9 Å². The Morgan fingerprint density at radius 1 is 0.268 bits per heavy atom. The highest BCUT2D eigenvalue weighted by molar-refractivity contribution is 6.17. The van der Waals surface area contributed by atoms with Crippen molar-refractivity contribution in [2.75, 3.05) is 0 Å². The van der Waals surface area contributed by atoms with E-state index in [1.165, 1.54) is 0 Å². The first-order valence-corrected chi connectivity index (χ1v) is 25.3. The zero-order chi connectivity index (χ0) is 58.0. The molecule has 0 aliphatic rings. The van der Waals surface area contributed by atoms with Crippen LogP contribution in [0.1, 0.15) is 55.6 Å². The first-order valence-electron chi connectivity index (χ1n) is 25.3. The third-order valence-electron chi connectivity index (χ3n) is 15.5. The van der Waals surface area contributed by atoms with E-state index in [2.05, 4.69) is 12.1 Å². The van der Waals surface area contributed by atoms with Crippen LogP contribution < -0.4 is 0 Å². The minimum absolute atomic E-state index is 0.0599.